The van der Waals surface area contributed by atoms with Gasteiger partial charge in [-0.3, -0.25) is 9.78 Å². The van der Waals surface area contributed by atoms with E-state index in [0.717, 1.165) is 5.56 Å². The van der Waals surface area contributed by atoms with Crippen LogP contribution in [-0.2, 0) is 13.1 Å². The van der Waals surface area contributed by atoms with Gasteiger partial charge in [-0.1, -0.05) is 18.2 Å². The Morgan fingerprint density at radius 3 is 2.48 bits per heavy atom. The minimum atomic E-state index is -0.315. The normalized spacial score (nSPS) is 10.3. The number of nitrogens with one attached hydrogen (secondary N) is 2. The number of anilines is 1. The molecule has 0 saturated heterocycles. The van der Waals surface area contributed by atoms with Crippen LogP contribution < -0.4 is 10.6 Å². The summed E-state index contributed by atoms with van der Waals surface area (Å²) in [5, 5.41) is 13.6. The summed E-state index contributed by atoms with van der Waals surface area (Å²) >= 11 is 0. The zero-order chi connectivity index (χ0) is 17.5. The molecule has 0 radical (unpaired) electrons. The third-order valence-corrected chi connectivity index (χ3v) is 3.52. The number of nitrogens with zero attached hydrogens (tertiary/aromatic N) is 3. The summed E-state index contributed by atoms with van der Waals surface area (Å²) in [4.78, 5) is 16.0. The van der Waals surface area contributed by atoms with Gasteiger partial charge in [0.15, 0.2) is 5.69 Å². The summed E-state index contributed by atoms with van der Waals surface area (Å²) in [5.74, 6) is -0.131. The van der Waals surface area contributed by atoms with Crippen molar-refractivity contribution in [3.8, 4) is 0 Å². The van der Waals surface area contributed by atoms with Crippen LogP contribution in [0.25, 0.3) is 0 Å². The Balaban J connectivity index is 1.54. The van der Waals surface area contributed by atoms with Crippen molar-refractivity contribution in [1.29, 1.82) is 0 Å². The first kappa shape index (κ1) is 16.5. The quantitative estimate of drug-likeness (QED) is 0.723. The molecule has 1 amide bonds. The van der Waals surface area contributed by atoms with Crippen molar-refractivity contribution in [2.45, 2.75) is 13.1 Å². The Bertz CT molecular complexity index is 840. The molecule has 0 unspecified atom stereocenters. The molecule has 0 atom stereocenters. The molecule has 7 heteroatoms. The molecule has 0 aliphatic rings. The SMILES string of the molecule is O=C(NCc1ccncc1)c1ccc(NCc2ccccc2F)nn1. The van der Waals surface area contributed by atoms with E-state index in [0.29, 0.717) is 17.9 Å². The highest BCUT2D eigenvalue weighted by molar-refractivity contribution is 5.92. The Labute approximate surface area is 144 Å². The number of halogens is 1. The number of hydrogen-bond acceptors (Lipinski definition) is 5. The molecule has 2 aromatic heterocycles. The standard InChI is InChI=1S/C18H16FN5O/c19-15-4-2-1-3-14(15)12-21-17-6-5-16(23-24-17)18(25)22-11-13-7-9-20-10-8-13/h1-10H,11-12H2,(H,21,24)(H,22,25). The van der Waals surface area contributed by atoms with Gasteiger partial charge in [0.25, 0.3) is 5.91 Å². The van der Waals surface area contributed by atoms with Gasteiger partial charge in [0.1, 0.15) is 11.6 Å². The van der Waals surface area contributed by atoms with Gasteiger partial charge in [-0.15, -0.1) is 10.2 Å². The van der Waals surface area contributed by atoms with Gasteiger partial charge in [0.2, 0.25) is 0 Å². The summed E-state index contributed by atoms with van der Waals surface area (Å²) in [6.45, 7) is 0.672. The van der Waals surface area contributed by atoms with Crippen molar-refractivity contribution in [2.24, 2.45) is 0 Å². The number of pyridine rings is 1. The second kappa shape index (κ2) is 7.96. The van der Waals surface area contributed by atoms with Crippen LogP contribution in [0.5, 0.6) is 0 Å². The van der Waals surface area contributed by atoms with Crippen molar-refractivity contribution in [1.82, 2.24) is 20.5 Å². The molecule has 0 spiro atoms. The highest BCUT2D eigenvalue weighted by Crippen LogP contribution is 2.09. The van der Waals surface area contributed by atoms with E-state index in [2.05, 4.69) is 25.8 Å². The lowest BCUT2D eigenvalue weighted by Crippen LogP contribution is -2.24. The maximum atomic E-state index is 13.6. The van der Waals surface area contributed by atoms with Gasteiger partial charge in [0, 0.05) is 31.0 Å². The second-order valence-electron chi connectivity index (χ2n) is 5.29. The average Bonchev–Trinajstić information content (AvgIpc) is 2.67. The summed E-state index contributed by atoms with van der Waals surface area (Å²) in [5.41, 5.74) is 1.69. The number of aromatic nitrogens is 3. The van der Waals surface area contributed by atoms with Crippen LogP contribution in [0, 0.1) is 5.82 Å². The van der Waals surface area contributed by atoms with E-state index in [4.69, 9.17) is 0 Å². The number of carbonyl (C=O) groups excluding carboxylic acids is 1. The number of amides is 1. The van der Waals surface area contributed by atoms with E-state index in [-0.39, 0.29) is 24.0 Å². The second-order valence-corrected chi connectivity index (χ2v) is 5.29. The summed E-state index contributed by atoms with van der Waals surface area (Å²) in [6.07, 6.45) is 3.33. The zero-order valence-electron chi connectivity index (χ0n) is 13.3. The van der Waals surface area contributed by atoms with E-state index in [1.807, 2.05) is 12.1 Å². The fourth-order valence-electron chi connectivity index (χ4n) is 2.15. The number of hydrogen-bond donors (Lipinski definition) is 2. The highest BCUT2D eigenvalue weighted by Gasteiger charge is 2.08. The smallest absolute Gasteiger partial charge is 0.272 e. The lowest BCUT2D eigenvalue weighted by atomic mass is 10.2. The van der Waals surface area contributed by atoms with Crippen LogP contribution in [0.4, 0.5) is 10.2 Å². The first-order valence-electron chi connectivity index (χ1n) is 7.70. The van der Waals surface area contributed by atoms with Crippen molar-refractivity contribution in [3.05, 3.63) is 83.6 Å². The van der Waals surface area contributed by atoms with Crippen LogP contribution in [-0.4, -0.2) is 21.1 Å². The molecule has 2 N–H and O–H groups in total. The molecule has 0 saturated carbocycles. The predicted octanol–water partition coefficient (Wildman–Crippen LogP) is 2.55. The fourth-order valence-corrected chi connectivity index (χ4v) is 2.15. The first-order chi connectivity index (χ1) is 12.2. The molecular formula is C18H16FN5O. The third-order valence-electron chi connectivity index (χ3n) is 3.52. The summed E-state index contributed by atoms with van der Waals surface area (Å²) in [6, 6.07) is 13.3. The molecule has 0 fully saturated rings. The van der Waals surface area contributed by atoms with E-state index < -0.39 is 0 Å². The molecule has 3 rings (SSSR count). The topological polar surface area (TPSA) is 79.8 Å². The zero-order valence-corrected chi connectivity index (χ0v) is 13.3. The van der Waals surface area contributed by atoms with Crippen molar-refractivity contribution in [3.63, 3.8) is 0 Å². The highest BCUT2D eigenvalue weighted by atomic mass is 19.1. The van der Waals surface area contributed by atoms with Gasteiger partial charge < -0.3 is 10.6 Å². The number of carbonyl (C=O) groups is 1. The molecule has 0 aliphatic carbocycles. The number of rotatable bonds is 6. The molecule has 0 aliphatic heterocycles. The molecular weight excluding hydrogens is 321 g/mol. The van der Waals surface area contributed by atoms with Gasteiger partial charge in [0.05, 0.1) is 0 Å². The Kier molecular flexibility index (Phi) is 5.26. The minimum absolute atomic E-state index is 0.213. The van der Waals surface area contributed by atoms with Gasteiger partial charge in [-0.2, -0.15) is 0 Å². The van der Waals surface area contributed by atoms with Gasteiger partial charge >= 0.3 is 0 Å². The van der Waals surface area contributed by atoms with Gasteiger partial charge in [-0.05, 0) is 35.9 Å². The lowest BCUT2D eigenvalue weighted by Gasteiger charge is -2.07. The van der Waals surface area contributed by atoms with Crippen LogP contribution in [0.15, 0.2) is 60.9 Å². The van der Waals surface area contributed by atoms with E-state index in [9.17, 15) is 9.18 Å². The molecule has 3 aromatic rings. The largest absolute Gasteiger partial charge is 0.364 e. The Morgan fingerprint density at radius 1 is 0.960 bits per heavy atom. The van der Waals surface area contributed by atoms with E-state index in [1.54, 1.807) is 42.7 Å². The Hall–Kier alpha value is -3.35. The third kappa shape index (κ3) is 4.57. The van der Waals surface area contributed by atoms with Crippen LogP contribution in [0.3, 0.4) is 0 Å². The fraction of sp³-hybridized carbons (Fsp3) is 0.111. The van der Waals surface area contributed by atoms with E-state index >= 15 is 0 Å². The van der Waals surface area contributed by atoms with Crippen LogP contribution in [0.2, 0.25) is 0 Å². The van der Waals surface area contributed by atoms with E-state index in [1.165, 1.54) is 6.07 Å². The van der Waals surface area contributed by atoms with Crippen molar-refractivity contribution >= 4 is 11.7 Å². The molecule has 126 valence electrons. The molecule has 2 heterocycles. The van der Waals surface area contributed by atoms with Crippen LogP contribution in [0.1, 0.15) is 21.6 Å². The molecule has 0 bridgehead atoms. The lowest BCUT2D eigenvalue weighted by molar-refractivity contribution is 0.0945. The van der Waals surface area contributed by atoms with Gasteiger partial charge in [-0.25, -0.2) is 4.39 Å². The molecule has 6 nitrogen and oxygen atoms in total. The predicted molar refractivity (Wildman–Crippen MR) is 91.2 cm³/mol. The summed E-state index contributed by atoms with van der Waals surface area (Å²) in [7, 11) is 0. The molecule has 1 aromatic carbocycles. The van der Waals surface area contributed by atoms with Crippen LogP contribution >= 0.6 is 0 Å². The maximum Gasteiger partial charge on any atom is 0.272 e. The molecule has 25 heavy (non-hydrogen) atoms. The number of benzene rings is 1. The van der Waals surface area contributed by atoms with Crippen molar-refractivity contribution in [2.75, 3.05) is 5.32 Å². The minimum Gasteiger partial charge on any atom is -0.364 e. The average molecular weight is 337 g/mol. The maximum absolute atomic E-state index is 13.6. The Morgan fingerprint density at radius 2 is 1.76 bits per heavy atom. The monoisotopic (exact) mass is 337 g/mol. The van der Waals surface area contributed by atoms with Crippen molar-refractivity contribution < 1.29 is 9.18 Å². The summed E-state index contributed by atoms with van der Waals surface area (Å²) < 4.78 is 13.6. The first-order valence-corrected chi connectivity index (χ1v) is 7.70.